The molecule has 33 heavy (non-hydrogen) atoms. The van der Waals surface area contributed by atoms with Gasteiger partial charge in [0.25, 0.3) is 0 Å². The summed E-state index contributed by atoms with van der Waals surface area (Å²) in [5.41, 5.74) is 3.66. The Morgan fingerprint density at radius 3 is 2.73 bits per heavy atom. The topological polar surface area (TPSA) is 102 Å². The van der Waals surface area contributed by atoms with Crippen molar-refractivity contribution in [1.82, 2.24) is 25.1 Å². The SMILES string of the molecule is Cc1cccc(NC(=O)CN(CC2CCCO2)C(=O)Cn2nnc(-c3ccccc3)n2)c1C. The lowest BCUT2D eigenvalue weighted by atomic mass is 10.1. The number of rotatable bonds is 8. The largest absolute Gasteiger partial charge is 0.376 e. The third-order valence-corrected chi connectivity index (χ3v) is 5.78. The molecule has 1 aliphatic rings. The molecule has 1 aromatic heterocycles. The zero-order valence-corrected chi connectivity index (χ0v) is 18.9. The summed E-state index contributed by atoms with van der Waals surface area (Å²) >= 11 is 0. The summed E-state index contributed by atoms with van der Waals surface area (Å²) in [6.45, 7) is 4.79. The van der Waals surface area contributed by atoms with Crippen LogP contribution in [0.4, 0.5) is 5.69 Å². The number of anilines is 1. The number of aromatic nitrogens is 4. The van der Waals surface area contributed by atoms with Gasteiger partial charge in [-0.05, 0) is 49.1 Å². The number of hydrogen-bond donors (Lipinski definition) is 1. The maximum atomic E-state index is 13.1. The van der Waals surface area contributed by atoms with Crippen molar-refractivity contribution in [2.24, 2.45) is 0 Å². The van der Waals surface area contributed by atoms with Crippen LogP contribution in [-0.2, 0) is 20.9 Å². The fourth-order valence-corrected chi connectivity index (χ4v) is 3.77. The Kier molecular flexibility index (Phi) is 7.09. The normalized spacial score (nSPS) is 15.4. The molecule has 1 atom stereocenters. The van der Waals surface area contributed by atoms with Crippen LogP contribution in [0.3, 0.4) is 0 Å². The summed E-state index contributed by atoms with van der Waals surface area (Å²) in [5, 5.41) is 15.3. The number of aryl methyl sites for hydroxylation is 1. The molecule has 172 valence electrons. The van der Waals surface area contributed by atoms with E-state index in [0.29, 0.717) is 19.0 Å². The first-order valence-corrected chi connectivity index (χ1v) is 11.1. The first kappa shape index (κ1) is 22.6. The number of tetrazole rings is 1. The Labute approximate surface area is 192 Å². The van der Waals surface area contributed by atoms with Crippen LogP contribution in [0.15, 0.2) is 48.5 Å². The highest BCUT2D eigenvalue weighted by Crippen LogP contribution is 2.19. The lowest BCUT2D eigenvalue weighted by molar-refractivity contribution is -0.137. The van der Waals surface area contributed by atoms with Gasteiger partial charge in [-0.25, -0.2) is 0 Å². The highest BCUT2D eigenvalue weighted by molar-refractivity contribution is 5.95. The zero-order chi connectivity index (χ0) is 23.2. The van der Waals surface area contributed by atoms with E-state index in [4.69, 9.17) is 4.74 Å². The molecule has 0 bridgehead atoms. The van der Waals surface area contributed by atoms with Crippen LogP contribution < -0.4 is 5.32 Å². The summed E-state index contributed by atoms with van der Waals surface area (Å²) in [6, 6.07) is 15.2. The number of amides is 2. The van der Waals surface area contributed by atoms with Crippen molar-refractivity contribution in [3.05, 3.63) is 59.7 Å². The molecule has 3 aromatic rings. The van der Waals surface area contributed by atoms with Crippen molar-refractivity contribution in [3.63, 3.8) is 0 Å². The van der Waals surface area contributed by atoms with Crippen molar-refractivity contribution < 1.29 is 14.3 Å². The quantitative estimate of drug-likeness (QED) is 0.568. The lowest BCUT2D eigenvalue weighted by Crippen LogP contribution is -2.44. The second-order valence-electron chi connectivity index (χ2n) is 8.21. The fourth-order valence-electron chi connectivity index (χ4n) is 3.77. The van der Waals surface area contributed by atoms with Crippen molar-refractivity contribution in [2.45, 2.75) is 39.3 Å². The third-order valence-electron chi connectivity index (χ3n) is 5.78. The van der Waals surface area contributed by atoms with E-state index in [1.807, 2.05) is 62.4 Å². The van der Waals surface area contributed by atoms with E-state index in [2.05, 4.69) is 20.7 Å². The van der Waals surface area contributed by atoms with Crippen LogP contribution in [0.1, 0.15) is 24.0 Å². The van der Waals surface area contributed by atoms with Crippen molar-refractivity contribution in [1.29, 1.82) is 0 Å². The summed E-state index contributed by atoms with van der Waals surface area (Å²) in [6.07, 6.45) is 1.74. The van der Waals surface area contributed by atoms with Gasteiger partial charge in [0.1, 0.15) is 13.1 Å². The standard InChI is InChI=1S/C24H28N6O3/c1-17-8-6-12-21(18(17)2)25-22(31)15-29(14-20-11-7-13-33-20)23(32)16-30-27-24(26-28-30)19-9-4-3-5-10-19/h3-6,8-10,12,20H,7,11,13-16H2,1-2H3,(H,25,31). The van der Waals surface area contributed by atoms with Crippen LogP contribution in [0.5, 0.6) is 0 Å². The zero-order valence-electron chi connectivity index (χ0n) is 18.9. The number of carbonyl (C=O) groups is 2. The average Bonchev–Trinajstić information content (AvgIpc) is 3.49. The molecule has 1 fully saturated rings. The van der Waals surface area contributed by atoms with Crippen LogP contribution >= 0.6 is 0 Å². The third kappa shape index (κ3) is 5.81. The van der Waals surface area contributed by atoms with E-state index in [-0.39, 0.29) is 31.0 Å². The number of nitrogens with one attached hydrogen (secondary N) is 1. The molecule has 0 spiro atoms. The first-order chi connectivity index (χ1) is 16.0. The fraction of sp³-hybridized carbons (Fsp3) is 0.375. The number of carbonyl (C=O) groups excluding carboxylic acids is 2. The Balaban J connectivity index is 1.44. The number of hydrogen-bond acceptors (Lipinski definition) is 6. The van der Waals surface area contributed by atoms with Gasteiger partial charge in [-0.1, -0.05) is 42.5 Å². The Morgan fingerprint density at radius 1 is 1.15 bits per heavy atom. The Hall–Kier alpha value is -3.59. The van der Waals surface area contributed by atoms with Gasteiger partial charge in [0, 0.05) is 24.4 Å². The molecule has 4 rings (SSSR count). The number of ether oxygens (including phenoxy) is 1. The molecule has 1 N–H and O–H groups in total. The van der Waals surface area contributed by atoms with Crippen LogP contribution in [0.25, 0.3) is 11.4 Å². The van der Waals surface area contributed by atoms with Crippen molar-refractivity contribution >= 4 is 17.5 Å². The minimum atomic E-state index is -0.265. The highest BCUT2D eigenvalue weighted by Gasteiger charge is 2.25. The molecule has 0 radical (unpaired) electrons. The van der Waals surface area contributed by atoms with Gasteiger partial charge in [-0.2, -0.15) is 4.80 Å². The summed E-state index contributed by atoms with van der Waals surface area (Å²) in [5.74, 6) is -0.0769. The van der Waals surface area contributed by atoms with Gasteiger partial charge in [0.2, 0.25) is 17.6 Å². The summed E-state index contributed by atoms with van der Waals surface area (Å²) in [4.78, 5) is 28.7. The van der Waals surface area contributed by atoms with Gasteiger partial charge in [0.05, 0.1) is 6.10 Å². The highest BCUT2D eigenvalue weighted by atomic mass is 16.5. The van der Waals surface area contributed by atoms with E-state index in [1.165, 1.54) is 9.70 Å². The van der Waals surface area contributed by atoms with E-state index in [1.54, 1.807) is 0 Å². The molecule has 0 aliphatic carbocycles. The summed E-state index contributed by atoms with van der Waals surface area (Å²) in [7, 11) is 0. The second kappa shape index (κ2) is 10.4. The van der Waals surface area contributed by atoms with Crippen molar-refractivity contribution in [3.8, 4) is 11.4 Å². The molecule has 2 amide bonds. The van der Waals surface area contributed by atoms with E-state index < -0.39 is 0 Å². The van der Waals surface area contributed by atoms with E-state index >= 15 is 0 Å². The van der Waals surface area contributed by atoms with Gasteiger partial charge in [0.15, 0.2) is 0 Å². The van der Waals surface area contributed by atoms with Crippen LogP contribution in [-0.4, -0.2) is 62.7 Å². The first-order valence-electron chi connectivity index (χ1n) is 11.1. The molecule has 9 heteroatoms. The van der Waals surface area contributed by atoms with Crippen molar-refractivity contribution in [2.75, 3.05) is 25.0 Å². The molecular weight excluding hydrogens is 420 g/mol. The second-order valence-corrected chi connectivity index (χ2v) is 8.21. The monoisotopic (exact) mass is 448 g/mol. The van der Waals surface area contributed by atoms with Gasteiger partial charge in [-0.15, -0.1) is 10.2 Å². The predicted molar refractivity (Wildman–Crippen MR) is 123 cm³/mol. The molecule has 9 nitrogen and oxygen atoms in total. The lowest BCUT2D eigenvalue weighted by Gasteiger charge is -2.25. The van der Waals surface area contributed by atoms with E-state index in [0.717, 1.165) is 35.2 Å². The molecular formula is C24H28N6O3. The Bertz CT molecular complexity index is 1110. The molecule has 0 saturated carbocycles. The summed E-state index contributed by atoms with van der Waals surface area (Å²) < 4.78 is 5.70. The molecule has 1 saturated heterocycles. The molecule has 1 aliphatic heterocycles. The average molecular weight is 449 g/mol. The minimum absolute atomic E-state index is 0.0771. The molecule has 2 heterocycles. The molecule has 1 unspecified atom stereocenters. The predicted octanol–water partition coefficient (Wildman–Crippen LogP) is 2.60. The smallest absolute Gasteiger partial charge is 0.246 e. The van der Waals surface area contributed by atoms with Crippen LogP contribution in [0.2, 0.25) is 0 Å². The van der Waals surface area contributed by atoms with Crippen LogP contribution in [0, 0.1) is 13.8 Å². The Morgan fingerprint density at radius 2 is 1.97 bits per heavy atom. The van der Waals surface area contributed by atoms with Gasteiger partial charge >= 0.3 is 0 Å². The van der Waals surface area contributed by atoms with Gasteiger partial charge in [-0.3, -0.25) is 9.59 Å². The van der Waals surface area contributed by atoms with E-state index in [9.17, 15) is 9.59 Å². The maximum Gasteiger partial charge on any atom is 0.246 e. The number of nitrogens with zero attached hydrogens (tertiary/aromatic N) is 5. The number of benzene rings is 2. The minimum Gasteiger partial charge on any atom is -0.376 e. The molecule has 2 aromatic carbocycles. The van der Waals surface area contributed by atoms with Gasteiger partial charge < -0.3 is 15.0 Å². The maximum absolute atomic E-state index is 13.1.